The number of carbonyl (C=O) groups excluding carboxylic acids is 1. The molecule has 0 saturated carbocycles. The van der Waals surface area contributed by atoms with Crippen LogP contribution >= 0.6 is 0 Å². The number of rotatable bonds is 5. The van der Waals surface area contributed by atoms with Gasteiger partial charge in [-0.05, 0) is 5.92 Å². The molecule has 2 aliphatic heterocycles. The van der Waals surface area contributed by atoms with Gasteiger partial charge in [-0.1, -0.05) is 13.8 Å². The number of carbonyl (C=O) groups is 1. The molecule has 2 saturated heterocycles. The molecule has 2 N–H and O–H groups in total. The molecule has 1 amide bonds. The lowest BCUT2D eigenvalue weighted by molar-refractivity contribution is -0.122. The van der Waals surface area contributed by atoms with Crippen LogP contribution < -0.4 is 10.6 Å². The van der Waals surface area contributed by atoms with E-state index >= 15 is 0 Å². The Kier molecular flexibility index (Phi) is 4.97. The summed E-state index contributed by atoms with van der Waals surface area (Å²) in [5.41, 5.74) is 0. The molecular weight excluding hydrogens is 228 g/mol. The van der Waals surface area contributed by atoms with Gasteiger partial charge in [-0.3, -0.25) is 14.6 Å². The Labute approximate surface area is 110 Å². The van der Waals surface area contributed by atoms with E-state index in [0.717, 1.165) is 51.9 Å². The molecule has 0 aromatic carbocycles. The van der Waals surface area contributed by atoms with Gasteiger partial charge >= 0.3 is 0 Å². The minimum Gasteiger partial charge on any atom is -0.355 e. The van der Waals surface area contributed by atoms with Crippen molar-refractivity contribution < 1.29 is 4.79 Å². The molecule has 2 fully saturated rings. The summed E-state index contributed by atoms with van der Waals surface area (Å²) in [5.74, 6) is 0.694. The van der Waals surface area contributed by atoms with Crippen molar-refractivity contribution in [3.63, 3.8) is 0 Å². The average Bonchev–Trinajstić information content (AvgIpc) is 2.27. The highest BCUT2D eigenvalue weighted by atomic mass is 16.2. The Morgan fingerprint density at radius 1 is 1.28 bits per heavy atom. The third kappa shape index (κ3) is 3.93. The van der Waals surface area contributed by atoms with E-state index in [1.165, 1.54) is 0 Å². The molecular formula is C13H26N4O. The van der Waals surface area contributed by atoms with Crippen molar-refractivity contribution in [1.82, 2.24) is 20.4 Å². The highest BCUT2D eigenvalue weighted by Gasteiger charge is 2.27. The molecule has 18 heavy (non-hydrogen) atoms. The second kappa shape index (κ2) is 6.50. The van der Waals surface area contributed by atoms with Crippen LogP contribution in [0.4, 0.5) is 0 Å². The molecule has 0 atom stereocenters. The quantitative estimate of drug-likeness (QED) is 0.684. The summed E-state index contributed by atoms with van der Waals surface area (Å²) >= 11 is 0. The number of piperazine rings is 1. The predicted octanol–water partition coefficient (Wildman–Crippen LogP) is -0.652. The van der Waals surface area contributed by atoms with E-state index in [9.17, 15) is 4.79 Å². The van der Waals surface area contributed by atoms with Crippen molar-refractivity contribution in [2.24, 2.45) is 5.92 Å². The van der Waals surface area contributed by atoms with E-state index in [-0.39, 0.29) is 5.91 Å². The maximum atomic E-state index is 11.7. The summed E-state index contributed by atoms with van der Waals surface area (Å²) in [6, 6.07) is 0.738. The molecule has 0 unspecified atom stereocenters. The first-order valence-electron chi connectivity index (χ1n) is 7.09. The average molecular weight is 254 g/mol. The van der Waals surface area contributed by atoms with Crippen molar-refractivity contribution >= 4 is 5.91 Å². The smallest absolute Gasteiger partial charge is 0.234 e. The lowest BCUT2D eigenvalue weighted by Gasteiger charge is -2.43. The number of hydrogen-bond donors (Lipinski definition) is 2. The molecule has 0 aromatic rings. The summed E-state index contributed by atoms with van der Waals surface area (Å²) in [4.78, 5) is 16.5. The number of nitrogens with one attached hydrogen (secondary N) is 2. The van der Waals surface area contributed by atoms with Gasteiger partial charge in [-0.15, -0.1) is 0 Å². The monoisotopic (exact) mass is 254 g/mol. The highest BCUT2D eigenvalue weighted by molar-refractivity contribution is 5.78. The Hall–Kier alpha value is -0.650. The molecule has 0 aromatic heterocycles. The second-order valence-corrected chi connectivity index (χ2v) is 5.82. The fourth-order valence-corrected chi connectivity index (χ4v) is 2.40. The SMILES string of the molecule is CC(C)CNC(=O)CN1CCN(C2CNC2)CC1. The van der Waals surface area contributed by atoms with Gasteiger partial charge in [0.25, 0.3) is 0 Å². The van der Waals surface area contributed by atoms with Crippen molar-refractivity contribution in [1.29, 1.82) is 0 Å². The van der Waals surface area contributed by atoms with Crippen molar-refractivity contribution in [3.8, 4) is 0 Å². The summed E-state index contributed by atoms with van der Waals surface area (Å²) in [7, 11) is 0. The molecule has 0 radical (unpaired) electrons. The Balaban J connectivity index is 1.62. The van der Waals surface area contributed by atoms with E-state index in [1.807, 2.05) is 0 Å². The summed E-state index contributed by atoms with van der Waals surface area (Å²) < 4.78 is 0. The summed E-state index contributed by atoms with van der Waals surface area (Å²) in [6.45, 7) is 12.1. The van der Waals surface area contributed by atoms with E-state index in [2.05, 4.69) is 34.3 Å². The molecule has 0 bridgehead atoms. The topological polar surface area (TPSA) is 47.6 Å². The molecule has 5 heteroatoms. The van der Waals surface area contributed by atoms with Gasteiger partial charge in [0.2, 0.25) is 5.91 Å². The summed E-state index contributed by atoms with van der Waals surface area (Å²) in [5, 5.41) is 6.29. The minimum atomic E-state index is 0.169. The zero-order valence-corrected chi connectivity index (χ0v) is 11.6. The highest BCUT2D eigenvalue weighted by Crippen LogP contribution is 2.09. The van der Waals surface area contributed by atoms with Crippen LogP contribution in [0.3, 0.4) is 0 Å². The van der Waals surface area contributed by atoms with Crippen LogP contribution in [0.25, 0.3) is 0 Å². The van der Waals surface area contributed by atoms with E-state index < -0.39 is 0 Å². The van der Waals surface area contributed by atoms with Gasteiger partial charge in [-0.2, -0.15) is 0 Å². The maximum Gasteiger partial charge on any atom is 0.234 e. The first kappa shape index (κ1) is 13.8. The van der Waals surface area contributed by atoms with Crippen molar-refractivity contribution in [3.05, 3.63) is 0 Å². The third-order valence-corrected chi connectivity index (χ3v) is 3.76. The molecule has 104 valence electrons. The third-order valence-electron chi connectivity index (χ3n) is 3.76. The predicted molar refractivity (Wildman–Crippen MR) is 72.5 cm³/mol. The van der Waals surface area contributed by atoms with Crippen LogP contribution in [0.2, 0.25) is 0 Å². The van der Waals surface area contributed by atoms with Crippen LogP contribution in [0.5, 0.6) is 0 Å². The standard InChI is InChI=1S/C13H26N4O/c1-11(2)7-15-13(18)10-16-3-5-17(6-4-16)12-8-14-9-12/h11-12,14H,3-10H2,1-2H3,(H,15,18). The Morgan fingerprint density at radius 2 is 1.94 bits per heavy atom. The largest absolute Gasteiger partial charge is 0.355 e. The molecule has 0 aliphatic carbocycles. The first-order chi connectivity index (χ1) is 8.65. The van der Waals surface area contributed by atoms with Gasteiger partial charge < -0.3 is 10.6 Å². The normalized spacial score (nSPS) is 23.1. The Morgan fingerprint density at radius 3 is 2.44 bits per heavy atom. The first-order valence-corrected chi connectivity index (χ1v) is 7.09. The van der Waals surface area contributed by atoms with E-state index in [4.69, 9.17) is 0 Å². The van der Waals surface area contributed by atoms with Crippen LogP contribution in [0, 0.1) is 5.92 Å². The van der Waals surface area contributed by atoms with Gasteiger partial charge in [-0.25, -0.2) is 0 Å². The van der Waals surface area contributed by atoms with Crippen molar-refractivity contribution in [2.45, 2.75) is 19.9 Å². The van der Waals surface area contributed by atoms with Gasteiger partial charge in [0.15, 0.2) is 0 Å². The minimum absolute atomic E-state index is 0.169. The lowest BCUT2D eigenvalue weighted by Crippen LogP contribution is -2.62. The Bertz CT molecular complexity index is 270. The zero-order valence-electron chi connectivity index (χ0n) is 11.6. The van der Waals surface area contributed by atoms with Gasteiger partial charge in [0.1, 0.15) is 0 Å². The number of amides is 1. The van der Waals surface area contributed by atoms with Crippen LogP contribution in [-0.2, 0) is 4.79 Å². The van der Waals surface area contributed by atoms with Crippen LogP contribution in [0.1, 0.15) is 13.8 Å². The van der Waals surface area contributed by atoms with Gasteiger partial charge in [0, 0.05) is 51.9 Å². The molecule has 0 spiro atoms. The second-order valence-electron chi connectivity index (χ2n) is 5.82. The lowest BCUT2D eigenvalue weighted by atomic mass is 10.1. The van der Waals surface area contributed by atoms with Gasteiger partial charge in [0.05, 0.1) is 6.54 Å². The fraction of sp³-hybridized carbons (Fsp3) is 0.923. The number of nitrogens with zero attached hydrogens (tertiary/aromatic N) is 2. The summed E-state index contributed by atoms with van der Waals surface area (Å²) in [6.07, 6.45) is 0. The van der Waals surface area contributed by atoms with Crippen LogP contribution in [0.15, 0.2) is 0 Å². The fourth-order valence-electron chi connectivity index (χ4n) is 2.40. The molecule has 2 aliphatic rings. The molecule has 5 nitrogen and oxygen atoms in total. The van der Waals surface area contributed by atoms with Crippen LogP contribution in [-0.4, -0.2) is 74.1 Å². The van der Waals surface area contributed by atoms with Crippen molar-refractivity contribution in [2.75, 3.05) is 52.4 Å². The molecule has 2 heterocycles. The molecule has 2 rings (SSSR count). The van der Waals surface area contributed by atoms with E-state index in [1.54, 1.807) is 0 Å². The van der Waals surface area contributed by atoms with E-state index in [0.29, 0.717) is 12.5 Å². The maximum absolute atomic E-state index is 11.7. The number of hydrogen-bond acceptors (Lipinski definition) is 4. The zero-order chi connectivity index (χ0) is 13.0.